The number of para-hydroxylation sites is 2. The monoisotopic (exact) mass is 544 g/mol. The minimum Gasteiger partial charge on any atom is -0.492 e. The van der Waals surface area contributed by atoms with Gasteiger partial charge in [0, 0.05) is 6.26 Å². The first-order chi connectivity index (χ1) is 17.5. The highest BCUT2D eigenvalue weighted by molar-refractivity contribution is 7.93. The van der Waals surface area contributed by atoms with E-state index in [0.717, 1.165) is 16.1 Å². The summed E-state index contributed by atoms with van der Waals surface area (Å²) in [7, 11) is -7.46. The number of rotatable bonds is 11. The van der Waals surface area contributed by atoms with Crippen LogP contribution in [0.1, 0.15) is 37.4 Å². The summed E-state index contributed by atoms with van der Waals surface area (Å²) in [6.07, 6.45) is 1.65. The summed E-state index contributed by atoms with van der Waals surface area (Å²) in [6, 6.07) is 19.0. The minimum atomic E-state index is -4.11. The van der Waals surface area contributed by atoms with Crippen LogP contribution in [0.5, 0.6) is 5.75 Å². The first kappa shape index (κ1) is 28.2. The second-order valence-electron chi connectivity index (χ2n) is 8.60. The molecule has 0 fully saturated rings. The van der Waals surface area contributed by atoms with E-state index in [1.807, 2.05) is 13.8 Å². The van der Waals surface area contributed by atoms with Gasteiger partial charge in [0.2, 0.25) is 5.91 Å². The standard InChI is InChI=1S/C27H32N2O6S2/c1-5-24(21-13-17-22(18-14-21)36(4,31)32)28-27(30)19-29(25-9-7-8-10-26(25)35-6-2)37(33,34)23-15-11-20(3)12-16-23/h7-18,24H,5-6,19H2,1-4H3,(H,28,30). The van der Waals surface area contributed by atoms with Gasteiger partial charge < -0.3 is 10.1 Å². The number of carbonyl (C=O) groups is 1. The number of sulfonamides is 1. The van der Waals surface area contributed by atoms with Gasteiger partial charge in [-0.3, -0.25) is 9.10 Å². The maximum absolute atomic E-state index is 13.7. The Kier molecular flexibility index (Phi) is 8.98. The molecule has 0 aromatic heterocycles. The van der Waals surface area contributed by atoms with Crippen molar-refractivity contribution in [1.29, 1.82) is 0 Å². The van der Waals surface area contributed by atoms with E-state index in [1.54, 1.807) is 55.5 Å². The summed E-state index contributed by atoms with van der Waals surface area (Å²) in [6.45, 7) is 5.38. The van der Waals surface area contributed by atoms with E-state index in [4.69, 9.17) is 4.74 Å². The summed E-state index contributed by atoms with van der Waals surface area (Å²) in [5, 5.41) is 2.89. The average molecular weight is 545 g/mol. The number of nitrogens with one attached hydrogen (secondary N) is 1. The van der Waals surface area contributed by atoms with Crippen LogP contribution in [0, 0.1) is 6.92 Å². The number of hydrogen-bond donors (Lipinski definition) is 1. The summed E-state index contributed by atoms with van der Waals surface area (Å²) in [5.41, 5.74) is 1.88. The summed E-state index contributed by atoms with van der Waals surface area (Å²) < 4.78 is 57.7. The molecule has 8 nitrogen and oxygen atoms in total. The quantitative estimate of drug-likeness (QED) is 0.386. The van der Waals surface area contributed by atoms with Crippen molar-refractivity contribution >= 4 is 31.5 Å². The second kappa shape index (κ2) is 11.8. The fourth-order valence-electron chi connectivity index (χ4n) is 3.82. The zero-order valence-corrected chi connectivity index (χ0v) is 23.0. The van der Waals surface area contributed by atoms with E-state index in [9.17, 15) is 21.6 Å². The zero-order valence-electron chi connectivity index (χ0n) is 21.3. The minimum absolute atomic E-state index is 0.0561. The molecule has 0 aliphatic carbocycles. The lowest BCUT2D eigenvalue weighted by Crippen LogP contribution is -2.42. The Hall–Kier alpha value is -3.37. The third-order valence-electron chi connectivity index (χ3n) is 5.78. The number of amides is 1. The molecule has 3 aromatic carbocycles. The zero-order chi connectivity index (χ0) is 27.2. The SMILES string of the molecule is CCOc1ccccc1N(CC(=O)NC(CC)c1ccc(S(C)(=O)=O)cc1)S(=O)(=O)c1ccc(C)cc1. The Labute approximate surface area is 219 Å². The lowest BCUT2D eigenvalue weighted by molar-refractivity contribution is -0.120. The molecule has 0 spiro atoms. The van der Waals surface area contributed by atoms with Crippen LogP contribution in [-0.4, -0.2) is 42.2 Å². The maximum atomic E-state index is 13.7. The number of anilines is 1. The highest BCUT2D eigenvalue weighted by Crippen LogP contribution is 2.32. The van der Waals surface area contributed by atoms with Crippen LogP contribution in [0.2, 0.25) is 0 Å². The first-order valence-electron chi connectivity index (χ1n) is 11.9. The Bertz CT molecular complexity index is 1430. The van der Waals surface area contributed by atoms with E-state index in [-0.39, 0.29) is 15.5 Å². The number of carbonyl (C=O) groups excluding carboxylic acids is 1. The van der Waals surface area contributed by atoms with E-state index in [1.165, 1.54) is 24.3 Å². The van der Waals surface area contributed by atoms with Crippen molar-refractivity contribution in [3.8, 4) is 5.75 Å². The number of hydrogen-bond acceptors (Lipinski definition) is 6. The van der Waals surface area contributed by atoms with Gasteiger partial charge in [-0.15, -0.1) is 0 Å². The fourth-order valence-corrected chi connectivity index (χ4v) is 5.88. The molecule has 0 saturated heterocycles. The van der Waals surface area contributed by atoms with E-state index in [2.05, 4.69) is 5.32 Å². The largest absolute Gasteiger partial charge is 0.492 e. The molecule has 37 heavy (non-hydrogen) atoms. The molecule has 3 rings (SSSR count). The molecule has 0 saturated carbocycles. The predicted octanol–water partition coefficient (Wildman–Crippen LogP) is 4.26. The Morgan fingerprint density at radius 2 is 1.49 bits per heavy atom. The summed E-state index contributed by atoms with van der Waals surface area (Å²) in [5.74, 6) is -0.169. The molecular weight excluding hydrogens is 512 g/mol. The van der Waals surface area contributed by atoms with Gasteiger partial charge in [-0.05, 0) is 62.2 Å². The molecule has 1 atom stereocenters. The summed E-state index contributed by atoms with van der Waals surface area (Å²) >= 11 is 0. The van der Waals surface area contributed by atoms with Crippen LogP contribution >= 0.6 is 0 Å². The smallest absolute Gasteiger partial charge is 0.264 e. The number of sulfone groups is 1. The molecule has 10 heteroatoms. The second-order valence-corrected chi connectivity index (χ2v) is 12.5. The Morgan fingerprint density at radius 1 is 0.892 bits per heavy atom. The molecule has 0 aliphatic heterocycles. The van der Waals surface area contributed by atoms with Gasteiger partial charge >= 0.3 is 0 Å². The van der Waals surface area contributed by atoms with Gasteiger partial charge in [-0.1, -0.05) is 48.9 Å². The fraction of sp³-hybridized carbons (Fsp3) is 0.296. The first-order valence-corrected chi connectivity index (χ1v) is 15.2. The van der Waals surface area contributed by atoms with Crippen LogP contribution in [-0.2, 0) is 24.7 Å². The Morgan fingerprint density at radius 3 is 2.05 bits per heavy atom. The van der Waals surface area contributed by atoms with E-state index >= 15 is 0 Å². The van der Waals surface area contributed by atoms with E-state index in [0.29, 0.717) is 24.3 Å². The molecule has 0 aliphatic rings. The van der Waals surface area contributed by atoms with Gasteiger partial charge in [0.15, 0.2) is 9.84 Å². The lowest BCUT2D eigenvalue weighted by atomic mass is 10.0. The normalized spacial score (nSPS) is 12.5. The van der Waals surface area contributed by atoms with E-state index < -0.39 is 38.4 Å². The van der Waals surface area contributed by atoms with Crippen LogP contribution in [0.25, 0.3) is 0 Å². The Balaban J connectivity index is 1.94. The molecule has 1 N–H and O–H groups in total. The van der Waals surface area contributed by atoms with Crippen molar-refractivity contribution in [2.45, 2.75) is 43.0 Å². The summed E-state index contributed by atoms with van der Waals surface area (Å²) in [4.78, 5) is 13.5. The van der Waals surface area contributed by atoms with Crippen molar-refractivity contribution in [2.24, 2.45) is 0 Å². The molecule has 0 radical (unpaired) electrons. The van der Waals surface area contributed by atoms with Crippen molar-refractivity contribution in [3.05, 3.63) is 83.9 Å². The topological polar surface area (TPSA) is 110 Å². The molecule has 1 unspecified atom stereocenters. The molecule has 3 aromatic rings. The van der Waals surface area contributed by atoms with Crippen molar-refractivity contribution in [2.75, 3.05) is 23.7 Å². The third kappa shape index (κ3) is 6.90. The number of benzene rings is 3. The number of ether oxygens (including phenoxy) is 1. The molecule has 0 bridgehead atoms. The molecule has 0 heterocycles. The van der Waals surface area contributed by atoms with Crippen LogP contribution < -0.4 is 14.4 Å². The molecule has 198 valence electrons. The van der Waals surface area contributed by atoms with Gasteiger partial charge in [0.25, 0.3) is 10.0 Å². The highest BCUT2D eigenvalue weighted by atomic mass is 32.2. The third-order valence-corrected chi connectivity index (χ3v) is 8.69. The molecule has 1 amide bonds. The predicted molar refractivity (Wildman–Crippen MR) is 144 cm³/mol. The van der Waals surface area contributed by atoms with Crippen LogP contribution in [0.3, 0.4) is 0 Å². The van der Waals surface area contributed by atoms with Crippen molar-refractivity contribution < 1.29 is 26.4 Å². The van der Waals surface area contributed by atoms with Gasteiger partial charge in [0.1, 0.15) is 12.3 Å². The van der Waals surface area contributed by atoms with Crippen molar-refractivity contribution in [3.63, 3.8) is 0 Å². The number of aryl methyl sites for hydroxylation is 1. The van der Waals surface area contributed by atoms with Crippen LogP contribution in [0.15, 0.2) is 82.6 Å². The van der Waals surface area contributed by atoms with Gasteiger partial charge in [-0.25, -0.2) is 16.8 Å². The lowest BCUT2D eigenvalue weighted by Gasteiger charge is -2.27. The molecular formula is C27H32N2O6S2. The highest BCUT2D eigenvalue weighted by Gasteiger charge is 2.30. The van der Waals surface area contributed by atoms with Gasteiger partial charge in [-0.2, -0.15) is 0 Å². The maximum Gasteiger partial charge on any atom is 0.264 e. The van der Waals surface area contributed by atoms with Crippen LogP contribution in [0.4, 0.5) is 5.69 Å². The average Bonchev–Trinajstić information content (AvgIpc) is 2.86. The van der Waals surface area contributed by atoms with Crippen molar-refractivity contribution in [1.82, 2.24) is 5.32 Å². The van der Waals surface area contributed by atoms with Gasteiger partial charge in [0.05, 0.1) is 28.1 Å². The number of nitrogens with zero attached hydrogens (tertiary/aromatic N) is 1.